The van der Waals surface area contributed by atoms with Crippen LogP contribution in [0.1, 0.15) is 49.7 Å². The van der Waals surface area contributed by atoms with Crippen molar-refractivity contribution in [2.45, 2.75) is 49.7 Å². The fourth-order valence-corrected chi connectivity index (χ4v) is 4.90. The molecule has 1 unspecified atom stereocenters. The molecule has 0 aromatic carbocycles. The van der Waals surface area contributed by atoms with Crippen molar-refractivity contribution in [3.8, 4) is 0 Å². The lowest BCUT2D eigenvalue weighted by atomic mass is 9.98. The lowest BCUT2D eigenvalue weighted by Crippen LogP contribution is -2.30. The van der Waals surface area contributed by atoms with Crippen LogP contribution < -0.4 is 5.32 Å². The minimum absolute atomic E-state index is 0.299. The molecule has 2 saturated heterocycles. The second-order valence-corrected chi connectivity index (χ2v) is 8.16. The Morgan fingerprint density at radius 1 is 1.20 bits per heavy atom. The molecule has 2 aliphatic heterocycles. The number of sulfone groups is 1. The van der Waals surface area contributed by atoms with Crippen molar-refractivity contribution in [2.24, 2.45) is 0 Å². The van der Waals surface area contributed by atoms with Crippen LogP contribution in [0.5, 0.6) is 0 Å². The SMILES string of the molecule is O=S1(=O)CCCCC1Cc1nc(C2CCNCC2)no1. The van der Waals surface area contributed by atoms with Crippen molar-refractivity contribution in [2.75, 3.05) is 18.8 Å². The monoisotopic (exact) mass is 299 g/mol. The average molecular weight is 299 g/mol. The third kappa shape index (κ3) is 3.03. The van der Waals surface area contributed by atoms with E-state index in [2.05, 4.69) is 15.5 Å². The minimum atomic E-state index is -2.98. The largest absolute Gasteiger partial charge is 0.339 e. The van der Waals surface area contributed by atoms with Crippen LogP contribution in [-0.2, 0) is 16.3 Å². The lowest BCUT2D eigenvalue weighted by Gasteiger charge is -2.20. The van der Waals surface area contributed by atoms with E-state index in [1.54, 1.807) is 0 Å². The Morgan fingerprint density at radius 3 is 2.75 bits per heavy atom. The minimum Gasteiger partial charge on any atom is -0.339 e. The van der Waals surface area contributed by atoms with Crippen molar-refractivity contribution in [1.29, 1.82) is 0 Å². The number of piperidine rings is 1. The topological polar surface area (TPSA) is 85.1 Å². The first-order chi connectivity index (χ1) is 9.65. The van der Waals surface area contributed by atoms with Crippen LogP contribution in [0.15, 0.2) is 4.52 Å². The van der Waals surface area contributed by atoms with Crippen LogP contribution in [-0.4, -0.2) is 42.7 Å². The normalized spacial score (nSPS) is 27.5. The number of aromatic nitrogens is 2. The number of hydrogen-bond donors (Lipinski definition) is 1. The summed E-state index contributed by atoms with van der Waals surface area (Å²) >= 11 is 0. The molecule has 112 valence electrons. The molecule has 0 spiro atoms. The number of nitrogens with one attached hydrogen (secondary N) is 1. The highest BCUT2D eigenvalue weighted by Gasteiger charge is 2.31. The molecule has 2 fully saturated rings. The molecule has 0 radical (unpaired) electrons. The zero-order valence-corrected chi connectivity index (χ0v) is 12.4. The van der Waals surface area contributed by atoms with Gasteiger partial charge in [-0.15, -0.1) is 0 Å². The summed E-state index contributed by atoms with van der Waals surface area (Å²) in [7, 11) is -2.98. The Hall–Kier alpha value is -0.950. The van der Waals surface area contributed by atoms with E-state index in [9.17, 15) is 8.42 Å². The highest BCUT2D eigenvalue weighted by molar-refractivity contribution is 7.92. The lowest BCUT2D eigenvalue weighted by molar-refractivity contribution is 0.356. The molecule has 2 aliphatic rings. The van der Waals surface area contributed by atoms with E-state index in [4.69, 9.17) is 4.52 Å². The van der Waals surface area contributed by atoms with Gasteiger partial charge in [-0.1, -0.05) is 11.6 Å². The Balaban J connectivity index is 1.67. The molecule has 1 atom stereocenters. The van der Waals surface area contributed by atoms with E-state index in [-0.39, 0.29) is 5.25 Å². The summed E-state index contributed by atoms with van der Waals surface area (Å²) in [6.45, 7) is 1.96. The molecular formula is C13H21N3O3S. The van der Waals surface area contributed by atoms with E-state index in [0.29, 0.717) is 30.4 Å². The third-order valence-electron chi connectivity index (χ3n) is 4.30. The zero-order valence-electron chi connectivity index (χ0n) is 11.5. The summed E-state index contributed by atoms with van der Waals surface area (Å²) < 4.78 is 29.3. The van der Waals surface area contributed by atoms with Crippen molar-refractivity contribution >= 4 is 9.84 Å². The fourth-order valence-electron chi connectivity index (χ4n) is 3.04. The van der Waals surface area contributed by atoms with E-state index >= 15 is 0 Å². The van der Waals surface area contributed by atoms with E-state index in [1.807, 2.05) is 0 Å². The summed E-state index contributed by atoms with van der Waals surface area (Å²) in [5.41, 5.74) is 0. The van der Waals surface area contributed by atoms with Gasteiger partial charge in [0.25, 0.3) is 0 Å². The Labute approximate surface area is 119 Å². The maximum absolute atomic E-state index is 12.0. The van der Waals surface area contributed by atoms with Crippen molar-refractivity contribution in [1.82, 2.24) is 15.5 Å². The highest BCUT2D eigenvalue weighted by atomic mass is 32.2. The smallest absolute Gasteiger partial charge is 0.227 e. The molecule has 7 heteroatoms. The van der Waals surface area contributed by atoms with Crippen molar-refractivity contribution in [3.63, 3.8) is 0 Å². The molecule has 0 aliphatic carbocycles. The summed E-state index contributed by atoms with van der Waals surface area (Å²) in [5.74, 6) is 1.87. The number of hydrogen-bond acceptors (Lipinski definition) is 6. The number of nitrogens with zero attached hydrogens (tertiary/aromatic N) is 2. The van der Waals surface area contributed by atoms with Crippen LogP contribution >= 0.6 is 0 Å². The van der Waals surface area contributed by atoms with Crippen molar-refractivity contribution in [3.05, 3.63) is 11.7 Å². The van der Waals surface area contributed by atoms with Gasteiger partial charge in [0.2, 0.25) is 5.89 Å². The van der Waals surface area contributed by atoms with Gasteiger partial charge in [-0.25, -0.2) is 8.42 Å². The standard InChI is InChI=1S/C13H21N3O3S/c17-20(18)8-2-1-3-11(20)9-12-15-13(16-19-12)10-4-6-14-7-5-10/h10-11,14H,1-9H2. The van der Waals surface area contributed by atoms with Crippen LogP contribution in [0.3, 0.4) is 0 Å². The molecular weight excluding hydrogens is 278 g/mol. The maximum Gasteiger partial charge on any atom is 0.227 e. The molecule has 1 aromatic heterocycles. The Morgan fingerprint density at radius 2 is 2.00 bits per heavy atom. The van der Waals surface area contributed by atoms with Gasteiger partial charge in [0.1, 0.15) is 0 Å². The Bertz CT molecular complexity index is 549. The number of rotatable bonds is 3. The van der Waals surface area contributed by atoms with Gasteiger partial charge in [-0.3, -0.25) is 0 Å². The van der Waals surface area contributed by atoms with Gasteiger partial charge < -0.3 is 9.84 Å². The molecule has 6 nitrogen and oxygen atoms in total. The quantitative estimate of drug-likeness (QED) is 0.898. The summed E-state index contributed by atoms with van der Waals surface area (Å²) in [6, 6.07) is 0. The van der Waals surface area contributed by atoms with Gasteiger partial charge in [0.15, 0.2) is 15.7 Å². The molecule has 20 heavy (non-hydrogen) atoms. The molecule has 1 N–H and O–H groups in total. The van der Waals surface area contributed by atoms with E-state index < -0.39 is 9.84 Å². The molecule has 3 heterocycles. The van der Waals surface area contributed by atoms with Crippen LogP contribution in [0, 0.1) is 0 Å². The van der Waals surface area contributed by atoms with Crippen LogP contribution in [0.25, 0.3) is 0 Å². The fraction of sp³-hybridized carbons (Fsp3) is 0.846. The Kier molecular flexibility index (Phi) is 4.07. The molecule has 3 rings (SSSR count). The highest BCUT2D eigenvalue weighted by Crippen LogP contribution is 2.25. The van der Waals surface area contributed by atoms with E-state index in [0.717, 1.165) is 44.6 Å². The average Bonchev–Trinajstić information content (AvgIpc) is 2.91. The summed E-state index contributed by atoms with van der Waals surface area (Å²) in [6.07, 6.45) is 4.87. The van der Waals surface area contributed by atoms with Gasteiger partial charge in [0.05, 0.1) is 11.0 Å². The third-order valence-corrected chi connectivity index (χ3v) is 6.58. The van der Waals surface area contributed by atoms with Gasteiger partial charge in [-0.05, 0) is 38.8 Å². The predicted octanol–water partition coefficient (Wildman–Crippen LogP) is 1.05. The van der Waals surface area contributed by atoms with Crippen molar-refractivity contribution < 1.29 is 12.9 Å². The second-order valence-electron chi connectivity index (χ2n) is 5.76. The summed E-state index contributed by atoms with van der Waals surface area (Å²) in [5, 5.41) is 7.01. The second kappa shape index (κ2) is 5.81. The molecule has 1 aromatic rings. The van der Waals surface area contributed by atoms with Crippen LogP contribution in [0.4, 0.5) is 0 Å². The first-order valence-corrected chi connectivity index (χ1v) is 9.11. The zero-order chi connectivity index (χ0) is 14.0. The predicted molar refractivity (Wildman–Crippen MR) is 74.3 cm³/mol. The first-order valence-electron chi connectivity index (χ1n) is 7.40. The molecule has 0 bridgehead atoms. The van der Waals surface area contributed by atoms with Gasteiger partial charge in [-0.2, -0.15) is 4.98 Å². The van der Waals surface area contributed by atoms with Crippen LogP contribution in [0.2, 0.25) is 0 Å². The summed E-state index contributed by atoms with van der Waals surface area (Å²) in [4.78, 5) is 4.42. The first kappa shape index (κ1) is 14.0. The van der Waals surface area contributed by atoms with Gasteiger partial charge >= 0.3 is 0 Å². The van der Waals surface area contributed by atoms with E-state index in [1.165, 1.54) is 0 Å². The molecule has 0 amide bonds. The van der Waals surface area contributed by atoms with Gasteiger partial charge in [0, 0.05) is 12.3 Å². The molecule has 0 saturated carbocycles. The maximum atomic E-state index is 12.0.